The Morgan fingerprint density at radius 2 is 1.89 bits per heavy atom. The lowest BCUT2D eigenvalue weighted by Crippen LogP contribution is -2.19. The standard InChI is InChI=1S/C15H25NOS/c1-4-10-16-13(3)14-5-7-15(8-6-14)18-12(2)9-11-17/h5-8,12-13,16-17H,4,9-11H2,1-3H3. The molecular formula is C15H25NOS. The summed E-state index contributed by atoms with van der Waals surface area (Å²) in [5.41, 5.74) is 1.34. The van der Waals surface area contributed by atoms with Crippen LogP contribution in [0, 0.1) is 0 Å². The van der Waals surface area contributed by atoms with Gasteiger partial charge in [-0.05, 0) is 44.0 Å². The van der Waals surface area contributed by atoms with E-state index in [9.17, 15) is 0 Å². The molecule has 0 aliphatic heterocycles. The minimum atomic E-state index is 0.268. The van der Waals surface area contributed by atoms with Crippen molar-refractivity contribution in [2.45, 2.75) is 49.8 Å². The molecule has 0 saturated heterocycles. The predicted octanol–water partition coefficient (Wildman–Crippen LogP) is 3.61. The zero-order chi connectivity index (χ0) is 13.4. The van der Waals surface area contributed by atoms with Crippen LogP contribution in [0.1, 0.15) is 45.2 Å². The Balaban J connectivity index is 2.51. The number of benzene rings is 1. The van der Waals surface area contributed by atoms with E-state index in [1.54, 1.807) is 0 Å². The summed E-state index contributed by atoms with van der Waals surface area (Å²) in [4.78, 5) is 1.28. The van der Waals surface area contributed by atoms with Gasteiger partial charge in [0.15, 0.2) is 0 Å². The number of aliphatic hydroxyl groups is 1. The Morgan fingerprint density at radius 3 is 2.44 bits per heavy atom. The van der Waals surface area contributed by atoms with Gasteiger partial charge in [-0.25, -0.2) is 0 Å². The minimum absolute atomic E-state index is 0.268. The molecule has 3 heteroatoms. The van der Waals surface area contributed by atoms with E-state index in [1.807, 2.05) is 11.8 Å². The molecule has 2 N–H and O–H groups in total. The molecule has 0 saturated carbocycles. The third kappa shape index (κ3) is 5.42. The van der Waals surface area contributed by atoms with Gasteiger partial charge in [0.05, 0.1) is 0 Å². The molecule has 0 radical (unpaired) electrons. The van der Waals surface area contributed by atoms with Gasteiger partial charge < -0.3 is 10.4 Å². The van der Waals surface area contributed by atoms with Gasteiger partial charge in [-0.15, -0.1) is 11.8 Å². The van der Waals surface area contributed by atoms with Crippen LogP contribution in [0.3, 0.4) is 0 Å². The van der Waals surface area contributed by atoms with Gasteiger partial charge >= 0.3 is 0 Å². The molecule has 2 nitrogen and oxygen atoms in total. The van der Waals surface area contributed by atoms with Gasteiger partial charge in [0.25, 0.3) is 0 Å². The molecule has 0 amide bonds. The normalized spacial score (nSPS) is 14.4. The van der Waals surface area contributed by atoms with Crippen molar-refractivity contribution < 1.29 is 5.11 Å². The SMILES string of the molecule is CCCNC(C)c1ccc(SC(C)CCO)cc1. The lowest BCUT2D eigenvalue weighted by Gasteiger charge is -2.15. The summed E-state index contributed by atoms with van der Waals surface area (Å²) in [5.74, 6) is 0. The largest absolute Gasteiger partial charge is 0.396 e. The molecule has 0 heterocycles. The maximum atomic E-state index is 8.89. The van der Waals surface area contributed by atoms with E-state index in [1.165, 1.54) is 10.5 Å². The van der Waals surface area contributed by atoms with Crippen LogP contribution in [0.25, 0.3) is 0 Å². The molecule has 18 heavy (non-hydrogen) atoms. The molecule has 2 atom stereocenters. The number of hydrogen-bond acceptors (Lipinski definition) is 3. The van der Waals surface area contributed by atoms with Gasteiger partial charge in [-0.3, -0.25) is 0 Å². The maximum absolute atomic E-state index is 8.89. The Hall–Kier alpha value is -0.510. The summed E-state index contributed by atoms with van der Waals surface area (Å²) in [6.07, 6.45) is 2.01. The molecule has 0 aliphatic rings. The molecular weight excluding hydrogens is 242 g/mol. The second-order valence-electron chi connectivity index (χ2n) is 4.69. The van der Waals surface area contributed by atoms with Crippen LogP contribution in [0.4, 0.5) is 0 Å². The van der Waals surface area contributed by atoms with Crippen molar-refractivity contribution in [1.82, 2.24) is 5.32 Å². The Bertz CT molecular complexity index is 326. The van der Waals surface area contributed by atoms with E-state index in [-0.39, 0.29) is 6.61 Å². The van der Waals surface area contributed by atoms with Gasteiger partial charge in [0, 0.05) is 22.8 Å². The molecule has 2 unspecified atom stereocenters. The Morgan fingerprint density at radius 1 is 1.22 bits per heavy atom. The molecule has 1 rings (SSSR count). The average Bonchev–Trinajstić information content (AvgIpc) is 2.37. The first kappa shape index (κ1) is 15.5. The average molecular weight is 267 g/mol. The fourth-order valence-electron chi connectivity index (χ4n) is 1.79. The summed E-state index contributed by atoms with van der Waals surface area (Å²) in [6.45, 7) is 7.86. The summed E-state index contributed by atoms with van der Waals surface area (Å²) in [7, 11) is 0. The summed E-state index contributed by atoms with van der Waals surface area (Å²) in [5, 5.41) is 12.9. The van der Waals surface area contributed by atoms with Gasteiger partial charge in [0.2, 0.25) is 0 Å². The monoisotopic (exact) mass is 267 g/mol. The quantitative estimate of drug-likeness (QED) is 0.706. The van der Waals surface area contributed by atoms with Crippen LogP contribution >= 0.6 is 11.8 Å². The lowest BCUT2D eigenvalue weighted by molar-refractivity contribution is 0.289. The molecule has 1 aromatic rings. The molecule has 0 bridgehead atoms. The lowest BCUT2D eigenvalue weighted by atomic mass is 10.1. The van der Waals surface area contributed by atoms with Crippen LogP contribution in [0.2, 0.25) is 0 Å². The third-order valence-corrected chi connectivity index (χ3v) is 4.14. The van der Waals surface area contributed by atoms with Crippen molar-refractivity contribution in [1.29, 1.82) is 0 Å². The third-order valence-electron chi connectivity index (χ3n) is 2.95. The van der Waals surface area contributed by atoms with E-state index in [0.29, 0.717) is 11.3 Å². The van der Waals surface area contributed by atoms with E-state index >= 15 is 0 Å². The van der Waals surface area contributed by atoms with Crippen molar-refractivity contribution >= 4 is 11.8 Å². The second-order valence-corrected chi connectivity index (χ2v) is 6.20. The topological polar surface area (TPSA) is 32.3 Å². The second kappa shape index (κ2) is 8.57. The first-order valence-corrected chi connectivity index (χ1v) is 7.66. The van der Waals surface area contributed by atoms with Crippen LogP contribution in [-0.2, 0) is 0 Å². The Labute approximate surface area is 115 Å². The highest BCUT2D eigenvalue weighted by molar-refractivity contribution is 7.99. The van der Waals surface area contributed by atoms with Gasteiger partial charge in [-0.1, -0.05) is 26.0 Å². The fourth-order valence-corrected chi connectivity index (χ4v) is 2.77. The van der Waals surface area contributed by atoms with Crippen molar-refractivity contribution in [2.75, 3.05) is 13.2 Å². The highest BCUT2D eigenvalue weighted by Gasteiger charge is 2.06. The van der Waals surface area contributed by atoms with Crippen molar-refractivity contribution in [3.05, 3.63) is 29.8 Å². The minimum Gasteiger partial charge on any atom is -0.396 e. The number of thioether (sulfide) groups is 1. The van der Waals surface area contributed by atoms with Crippen LogP contribution in [-0.4, -0.2) is 23.5 Å². The summed E-state index contributed by atoms with van der Waals surface area (Å²) >= 11 is 1.83. The van der Waals surface area contributed by atoms with E-state index < -0.39 is 0 Å². The number of aliphatic hydroxyl groups excluding tert-OH is 1. The van der Waals surface area contributed by atoms with Gasteiger partial charge in [0.1, 0.15) is 0 Å². The van der Waals surface area contributed by atoms with Crippen LogP contribution in [0.15, 0.2) is 29.2 Å². The van der Waals surface area contributed by atoms with E-state index in [2.05, 4.69) is 50.4 Å². The summed E-state index contributed by atoms with van der Waals surface area (Å²) in [6, 6.07) is 9.16. The molecule has 0 aliphatic carbocycles. The number of rotatable bonds is 8. The number of hydrogen-bond donors (Lipinski definition) is 2. The maximum Gasteiger partial charge on any atom is 0.0441 e. The smallest absolute Gasteiger partial charge is 0.0441 e. The molecule has 102 valence electrons. The summed E-state index contributed by atoms with van der Waals surface area (Å²) < 4.78 is 0. The fraction of sp³-hybridized carbons (Fsp3) is 0.600. The predicted molar refractivity (Wildman–Crippen MR) is 80.2 cm³/mol. The Kier molecular flexibility index (Phi) is 7.40. The van der Waals surface area contributed by atoms with Crippen LogP contribution < -0.4 is 5.32 Å². The highest BCUT2D eigenvalue weighted by atomic mass is 32.2. The van der Waals surface area contributed by atoms with E-state index in [4.69, 9.17) is 5.11 Å². The molecule has 0 aromatic heterocycles. The van der Waals surface area contributed by atoms with Crippen molar-refractivity contribution in [3.63, 3.8) is 0 Å². The molecule has 0 fully saturated rings. The zero-order valence-electron chi connectivity index (χ0n) is 11.6. The van der Waals surface area contributed by atoms with E-state index in [0.717, 1.165) is 19.4 Å². The molecule has 1 aromatic carbocycles. The first-order valence-electron chi connectivity index (χ1n) is 6.78. The molecule has 0 spiro atoms. The zero-order valence-corrected chi connectivity index (χ0v) is 12.5. The number of nitrogens with one attached hydrogen (secondary N) is 1. The first-order chi connectivity index (χ1) is 8.67. The van der Waals surface area contributed by atoms with Crippen LogP contribution in [0.5, 0.6) is 0 Å². The van der Waals surface area contributed by atoms with Crippen molar-refractivity contribution in [2.24, 2.45) is 0 Å². The van der Waals surface area contributed by atoms with Crippen molar-refractivity contribution in [3.8, 4) is 0 Å². The highest BCUT2D eigenvalue weighted by Crippen LogP contribution is 2.26. The van der Waals surface area contributed by atoms with Gasteiger partial charge in [-0.2, -0.15) is 0 Å².